The van der Waals surface area contributed by atoms with Crippen LogP contribution in [-0.4, -0.2) is 42.3 Å². The lowest BCUT2D eigenvalue weighted by Crippen LogP contribution is -2.38. The number of hydrogen-bond acceptors (Lipinski definition) is 4. The van der Waals surface area contributed by atoms with E-state index in [0.717, 1.165) is 9.35 Å². The van der Waals surface area contributed by atoms with Gasteiger partial charge in [0.1, 0.15) is 0 Å². The lowest BCUT2D eigenvalue weighted by Gasteiger charge is -2.22. The van der Waals surface area contributed by atoms with Crippen LogP contribution in [0.25, 0.3) is 0 Å². The predicted octanol–water partition coefficient (Wildman–Crippen LogP) is 3.11. The maximum atomic E-state index is 12.3. The van der Waals surface area contributed by atoms with E-state index < -0.39 is 0 Å². The van der Waals surface area contributed by atoms with Gasteiger partial charge in [0.25, 0.3) is 5.91 Å². The van der Waals surface area contributed by atoms with Crippen LogP contribution in [0.4, 0.5) is 0 Å². The van der Waals surface area contributed by atoms with Crippen molar-refractivity contribution in [1.29, 1.82) is 5.26 Å². The summed E-state index contributed by atoms with van der Waals surface area (Å²) in [7, 11) is 3.31. The van der Waals surface area contributed by atoms with Crippen molar-refractivity contribution in [2.24, 2.45) is 0 Å². The summed E-state index contributed by atoms with van der Waals surface area (Å²) in [6.07, 6.45) is 0. The van der Waals surface area contributed by atoms with Gasteiger partial charge in [-0.05, 0) is 45.8 Å². The number of carbonyl (C=O) groups is 2. The van der Waals surface area contributed by atoms with Gasteiger partial charge in [-0.25, -0.2) is 0 Å². The summed E-state index contributed by atoms with van der Waals surface area (Å²) in [6.45, 7) is 0.443. The summed E-state index contributed by atoms with van der Waals surface area (Å²) < 4.78 is 0.878. The van der Waals surface area contributed by atoms with Crippen molar-refractivity contribution in [2.45, 2.75) is 6.54 Å². The molecule has 0 radical (unpaired) electrons. The van der Waals surface area contributed by atoms with Crippen LogP contribution in [-0.2, 0) is 11.3 Å². The van der Waals surface area contributed by atoms with Crippen molar-refractivity contribution < 1.29 is 9.59 Å². The molecule has 0 atom stereocenters. The Labute approximate surface area is 153 Å². The van der Waals surface area contributed by atoms with Gasteiger partial charge in [0.05, 0.1) is 26.8 Å². The van der Waals surface area contributed by atoms with Crippen molar-refractivity contribution in [1.82, 2.24) is 9.80 Å². The van der Waals surface area contributed by atoms with Crippen LogP contribution < -0.4 is 0 Å². The Morgan fingerprint density at radius 2 is 1.79 bits per heavy atom. The van der Waals surface area contributed by atoms with Gasteiger partial charge in [-0.15, -0.1) is 11.3 Å². The molecule has 0 aliphatic heterocycles. The van der Waals surface area contributed by atoms with E-state index in [1.165, 1.54) is 16.2 Å². The van der Waals surface area contributed by atoms with Crippen molar-refractivity contribution in [3.05, 3.63) is 56.2 Å². The van der Waals surface area contributed by atoms with E-state index in [0.29, 0.717) is 17.0 Å². The number of halogens is 1. The fourth-order valence-corrected chi connectivity index (χ4v) is 3.44. The second kappa shape index (κ2) is 8.08. The fraction of sp³-hybridized carbons (Fsp3) is 0.235. The number of nitriles is 1. The van der Waals surface area contributed by atoms with Gasteiger partial charge in [0.2, 0.25) is 5.91 Å². The third-order valence-corrected chi connectivity index (χ3v) is 5.04. The molecule has 124 valence electrons. The van der Waals surface area contributed by atoms with E-state index in [1.807, 2.05) is 18.2 Å². The third kappa shape index (κ3) is 4.66. The Balaban J connectivity index is 1.92. The molecule has 0 bridgehead atoms. The number of likely N-dealkylation sites (N-methyl/N-ethyl adjacent to an activating group) is 2. The molecule has 1 aromatic carbocycles. The number of rotatable bonds is 5. The molecule has 0 unspecified atom stereocenters. The minimum absolute atomic E-state index is 0.0150. The summed E-state index contributed by atoms with van der Waals surface area (Å²) in [4.78, 5) is 28.1. The number of nitrogens with zero attached hydrogens (tertiary/aromatic N) is 3. The van der Waals surface area contributed by atoms with Gasteiger partial charge in [-0.2, -0.15) is 5.26 Å². The lowest BCUT2D eigenvalue weighted by molar-refractivity contribution is -0.130. The molecule has 24 heavy (non-hydrogen) atoms. The number of amides is 2. The fourth-order valence-electron chi connectivity index (χ4n) is 2.06. The van der Waals surface area contributed by atoms with E-state index in [4.69, 9.17) is 5.26 Å². The summed E-state index contributed by atoms with van der Waals surface area (Å²) in [6, 6.07) is 12.7. The minimum Gasteiger partial charge on any atom is -0.340 e. The molecule has 0 spiro atoms. The van der Waals surface area contributed by atoms with Gasteiger partial charge in [-0.3, -0.25) is 9.59 Å². The van der Waals surface area contributed by atoms with E-state index >= 15 is 0 Å². The first-order valence-corrected chi connectivity index (χ1v) is 8.75. The quantitative estimate of drug-likeness (QED) is 0.767. The van der Waals surface area contributed by atoms with Crippen molar-refractivity contribution in [3.63, 3.8) is 0 Å². The predicted molar refractivity (Wildman–Crippen MR) is 96.6 cm³/mol. The van der Waals surface area contributed by atoms with E-state index in [9.17, 15) is 9.59 Å². The second-order valence-electron chi connectivity index (χ2n) is 5.32. The normalized spacial score (nSPS) is 10.1. The zero-order valence-corrected chi connectivity index (χ0v) is 15.7. The zero-order chi connectivity index (χ0) is 17.7. The number of hydrogen-bond donors (Lipinski definition) is 0. The molecule has 5 nitrogen and oxygen atoms in total. The topological polar surface area (TPSA) is 64.4 Å². The highest BCUT2D eigenvalue weighted by Crippen LogP contribution is 2.23. The van der Waals surface area contributed by atoms with Crippen LogP contribution in [0.2, 0.25) is 0 Å². The van der Waals surface area contributed by atoms with E-state index in [2.05, 4.69) is 22.0 Å². The minimum atomic E-state index is -0.175. The smallest absolute Gasteiger partial charge is 0.264 e. The first-order chi connectivity index (χ1) is 11.4. The molecule has 0 N–H and O–H groups in total. The SMILES string of the molecule is CN(Cc1ccc(C#N)cc1)C(=O)CN(C)C(=O)c1ccc(Br)s1. The van der Waals surface area contributed by atoms with Crippen LogP contribution in [0.15, 0.2) is 40.2 Å². The van der Waals surface area contributed by atoms with Crippen LogP contribution in [0.3, 0.4) is 0 Å². The highest BCUT2D eigenvalue weighted by molar-refractivity contribution is 9.11. The van der Waals surface area contributed by atoms with Crippen molar-refractivity contribution in [3.8, 4) is 6.07 Å². The highest BCUT2D eigenvalue weighted by Gasteiger charge is 2.18. The van der Waals surface area contributed by atoms with Gasteiger partial charge in [0, 0.05) is 20.6 Å². The molecule has 0 aliphatic carbocycles. The first kappa shape index (κ1) is 18.2. The van der Waals surface area contributed by atoms with Crippen LogP contribution >= 0.6 is 27.3 Å². The first-order valence-electron chi connectivity index (χ1n) is 7.14. The van der Waals surface area contributed by atoms with Gasteiger partial charge in [-0.1, -0.05) is 12.1 Å². The monoisotopic (exact) mass is 405 g/mol. The molecule has 1 aromatic heterocycles. The highest BCUT2D eigenvalue weighted by atomic mass is 79.9. The molecule has 0 aliphatic rings. The Bertz CT molecular complexity index is 780. The Morgan fingerprint density at radius 1 is 1.12 bits per heavy atom. The maximum Gasteiger partial charge on any atom is 0.264 e. The largest absolute Gasteiger partial charge is 0.340 e. The molecular formula is C17H16BrN3O2S. The Hall–Kier alpha value is -2.17. The van der Waals surface area contributed by atoms with E-state index in [1.54, 1.807) is 37.2 Å². The van der Waals surface area contributed by atoms with Gasteiger partial charge >= 0.3 is 0 Å². The Morgan fingerprint density at radius 3 is 2.33 bits per heavy atom. The molecular weight excluding hydrogens is 390 g/mol. The zero-order valence-electron chi connectivity index (χ0n) is 13.3. The lowest BCUT2D eigenvalue weighted by atomic mass is 10.1. The van der Waals surface area contributed by atoms with Gasteiger partial charge < -0.3 is 9.80 Å². The average Bonchev–Trinajstić information content (AvgIpc) is 3.01. The summed E-state index contributed by atoms with van der Waals surface area (Å²) in [5, 5.41) is 8.79. The molecule has 7 heteroatoms. The molecule has 2 rings (SSSR count). The van der Waals surface area contributed by atoms with Gasteiger partial charge in [0.15, 0.2) is 0 Å². The van der Waals surface area contributed by atoms with Crippen LogP contribution in [0.1, 0.15) is 20.8 Å². The molecule has 1 heterocycles. The standard InChI is InChI=1S/C17H16BrN3O2S/c1-20(10-13-5-3-12(9-19)4-6-13)16(22)11-21(2)17(23)14-7-8-15(18)24-14/h3-8H,10-11H2,1-2H3. The molecule has 2 amide bonds. The maximum absolute atomic E-state index is 12.3. The van der Waals surface area contributed by atoms with Crippen LogP contribution in [0.5, 0.6) is 0 Å². The summed E-state index contributed by atoms with van der Waals surface area (Å²) in [5.41, 5.74) is 1.51. The van der Waals surface area contributed by atoms with Crippen molar-refractivity contribution >= 4 is 39.1 Å². The summed E-state index contributed by atoms with van der Waals surface area (Å²) >= 11 is 4.66. The molecule has 2 aromatic rings. The third-order valence-electron chi connectivity index (χ3n) is 3.43. The number of carbonyl (C=O) groups excluding carboxylic acids is 2. The number of benzene rings is 1. The molecule has 0 fully saturated rings. The Kier molecular flexibility index (Phi) is 6.12. The van der Waals surface area contributed by atoms with Crippen LogP contribution in [0, 0.1) is 11.3 Å². The summed E-state index contributed by atoms with van der Waals surface area (Å²) in [5.74, 6) is -0.323. The molecule has 0 saturated carbocycles. The second-order valence-corrected chi connectivity index (χ2v) is 7.79. The van der Waals surface area contributed by atoms with Crippen molar-refractivity contribution in [2.75, 3.05) is 20.6 Å². The number of thiophene rings is 1. The molecule has 0 saturated heterocycles. The van der Waals surface area contributed by atoms with E-state index in [-0.39, 0.29) is 18.4 Å². The average molecular weight is 406 g/mol.